The molecule has 2 rings (SSSR count). The third-order valence-corrected chi connectivity index (χ3v) is 2.34. The molecular formula is C14H15NO2. The van der Waals surface area contributed by atoms with E-state index in [2.05, 4.69) is 5.32 Å². The summed E-state index contributed by atoms with van der Waals surface area (Å²) in [5.41, 5.74) is 0.745. The number of anilines is 1. The Bertz CT molecular complexity index is 534. The molecule has 3 heteroatoms. The summed E-state index contributed by atoms with van der Waals surface area (Å²) in [6.07, 6.45) is -0.536. The normalized spacial score (nSPS) is 10.5. The molecule has 0 saturated heterocycles. The quantitative estimate of drug-likeness (QED) is 0.850. The van der Waals surface area contributed by atoms with E-state index in [1.165, 1.54) is 0 Å². The zero-order valence-electron chi connectivity index (χ0n) is 9.94. The second kappa shape index (κ2) is 4.87. The van der Waals surface area contributed by atoms with E-state index < -0.39 is 6.09 Å². The van der Waals surface area contributed by atoms with Crippen LogP contribution in [0.5, 0.6) is 0 Å². The molecule has 0 aliphatic rings. The number of fused-ring (bicyclic) bond motifs is 1. The van der Waals surface area contributed by atoms with Crippen molar-refractivity contribution in [2.45, 2.75) is 20.0 Å². The Morgan fingerprint density at radius 3 is 2.53 bits per heavy atom. The highest BCUT2D eigenvalue weighted by atomic mass is 16.6. The highest BCUT2D eigenvalue weighted by Gasteiger charge is 2.05. The summed E-state index contributed by atoms with van der Waals surface area (Å²) < 4.78 is 5.02. The Labute approximate surface area is 100 Å². The molecule has 0 atom stereocenters. The molecule has 0 heterocycles. The second-order valence-electron chi connectivity index (χ2n) is 4.14. The summed E-state index contributed by atoms with van der Waals surface area (Å²) in [4.78, 5) is 11.4. The molecule has 0 aromatic heterocycles. The third-order valence-electron chi connectivity index (χ3n) is 2.34. The van der Waals surface area contributed by atoms with Crippen molar-refractivity contribution in [2.75, 3.05) is 5.32 Å². The van der Waals surface area contributed by atoms with Gasteiger partial charge in [0.2, 0.25) is 0 Å². The first kappa shape index (κ1) is 11.5. The maximum atomic E-state index is 11.4. The van der Waals surface area contributed by atoms with Crippen LogP contribution in [-0.2, 0) is 4.74 Å². The van der Waals surface area contributed by atoms with Gasteiger partial charge in [0.15, 0.2) is 0 Å². The van der Waals surface area contributed by atoms with E-state index in [-0.39, 0.29) is 6.10 Å². The molecule has 0 aliphatic carbocycles. The lowest BCUT2D eigenvalue weighted by atomic mass is 10.1. The van der Waals surface area contributed by atoms with E-state index in [9.17, 15) is 4.79 Å². The molecule has 88 valence electrons. The lowest BCUT2D eigenvalue weighted by Gasteiger charge is -2.09. The zero-order chi connectivity index (χ0) is 12.3. The van der Waals surface area contributed by atoms with Gasteiger partial charge in [-0.1, -0.05) is 30.3 Å². The smallest absolute Gasteiger partial charge is 0.411 e. The summed E-state index contributed by atoms with van der Waals surface area (Å²) in [6.45, 7) is 3.64. The van der Waals surface area contributed by atoms with E-state index >= 15 is 0 Å². The van der Waals surface area contributed by atoms with E-state index in [1.54, 1.807) is 0 Å². The Kier molecular flexibility index (Phi) is 3.28. The minimum atomic E-state index is -0.421. The third kappa shape index (κ3) is 2.97. The minimum absolute atomic E-state index is 0.115. The van der Waals surface area contributed by atoms with Crippen LogP contribution in [0.15, 0.2) is 42.5 Å². The first-order chi connectivity index (χ1) is 8.15. The molecular weight excluding hydrogens is 214 g/mol. The Hall–Kier alpha value is -2.03. The number of rotatable bonds is 2. The Morgan fingerprint density at radius 1 is 1.12 bits per heavy atom. The van der Waals surface area contributed by atoms with Crippen molar-refractivity contribution < 1.29 is 9.53 Å². The van der Waals surface area contributed by atoms with Crippen molar-refractivity contribution in [1.82, 2.24) is 0 Å². The predicted molar refractivity (Wildman–Crippen MR) is 69.2 cm³/mol. The van der Waals surface area contributed by atoms with Crippen LogP contribution in [0.2, 0.25) is 0 Å². The monoisotopic (exact) mass is 229 g/mol. The van der Waals surface area contributed by atoms with Crippen molar-refractivity contribution in [1.29, 1.82) is 0 Å². The summed E-state index contributed by atoms with van der Waals surface area (Å²) in [7, 11) is 0. The number of nitrogens with one attached hydrogen (secondary N) is 1. The van der Waals surface area contributed by atoms with Crippen molar-refractivity contribution in [3.63, 3.8) is 0 Å². The molecule has 3 nitrogen and oxygen atoms in total. The number of amides is 1. The van der Waals surface area contributed by atoms with Gasteiger partial charge in [-0.25, -0.2) is 4.79 Å². The molecule has 1 N–H and O–H groups in total. The number of carbonyl (C=O) groups is 1. The van der Waals surface area contributed by atoms with Crippen molar-refractivity contribution in [3.8, 4) is 0 Å². The van der Waals surface area contributed by atoms with Crippen LogP contribution in [0, 0.1) is 0 Å². The number of ether oxygens (including phenoxy) is 1. The van der Waals surface area contributed by atoms with Crippen LogP contribution >= 0.6 is 0 Å². The molecule has 0 fully saturated rings. The molecule has 0 bridgehead atoms. The molecule has 2 aromatic carbocycles. The van der Waals surface area contributed by atoms with Gasteiger partial charge in [-0.2, -0.15) is 0 Å². The molecule has 0 radical (unpaired) electrons. The van der Waals surface area contributed by atoms with E-state index in [1.807, 2.05) is 56.3 Å². The Balaban J connectivity index is 2.17. The first-order valence-electron chi connectivity index (χ1n) is 5.61. The van der Waals surface area contributed by atoms with Gasteiger partial charge < -0.3 is 4.74 Å². The van der Waals surface area contributed by atoms with Crippen molar-refractivity contribution in [2.24, 2.45) is 0 Å². The maximum absolute atomic E-state index is 11.4. The van der Waals surface area contributed by atoms with Crippen LogP contribution < -0.4 is 5.32 Å². The molecule has 0 spiro atoms. The lowest BCUT2D eigenvalue weighted by Crippen LogP contribution is -2.17. The second-order valence-corrected chi connectivity index (χ2v) is 4.14. The molecule has 2 aromatic rings. The molecule has 1 amide bonds. The average Bonchev–Trinajstić information content (AvgIpc) is 2.27. The van der Waals surface area contributed by atoms with Gasteiger partial charge in [0.1, 0.15) is 0 Å². The van der Waals surface area contributed by atoms with Gasteiger partial charge in [-0.15, -0.1) is 0 Å². The average molecular weight is 229 g/mol. The summed E-state index contributed by atoms with van der Waals surface area (Å²) in [5, 5.41) is 4.95. The number of carbonyl (C=O) groups excluding carboxylic acids is 1. The largest absolute Gasteiger partial charge is 0.447 e. The van der Waals surface area contributed by atoms with Crippen LogP contribution in [-0.4, -0.2) is 12.2 Å². The van der Waals surface area contributed by atoms with Gasteiger partial charge in [-0.05, 0) is 36.8 Å². The fourth-order valence-corrected chi connectivity index (χ4v) is 1.63. The first-order valence-corrected chi connectivity index (χ1v) is 5.61. The summed E-state index contributed by atoms with van der Waals surface area (Å²) in [5.74, 6) is 0. The molecule has 0 saturated carbocycles. The Morgan fingerprint density at radius 2 is 1.82 bits per heavy atom. The van der Waals surface area contributed by atoms with Gasteiger partial charge >= 0.3 is 6.09 Å². The summed E-state index contributed by atoms with van der Waals surface area (Å²) in [6, 6.07) is 13.8. The van der Waals surface area contributed by atoms with Crippen LogP contribution in [0.3, 0.4) is 0 Å². The number of hydrogen-bond acceptors (Lipinski definition) is 2. The summed E-state index contributed by atoms with van der Waals surface area (Å²) >= 11 is 0. The number of hydrogen-bond donors (Lipinski definition) is 1. The highest BCUT2D eigenvalue weighted by molar-refractivity contribution is 5.91. The number of benzene rings is 2. The van der Waals surface area contributed by atoms with Crippen molar-refractivity contribution >= 4 is 22.6 Å². The zero-order valence-corrected chi connectivity index (χ0v) is 9.94. The molecule has 17 heavy (non-hydrogen) atoms. The standard InChI is InChI=1S/C14H15NO2/c1-10(2)17-14(16)15-13-8-7-11-5-3-4-6-12(11)9-13/h3-10H,1-2H3,(H,15,16). The van der Waals surface area contributed by atoms with Crippen LogP contribution in [0.4, 0.5) is 10.5 Å². The fraction of sp³-hybridized carbons (Fsp3) is 0.214. The van der Waals surface area contributed by atoms with Gasteiger partial charge in [-0.3, -0.25) is 5.32 Å². The van der Waals surface area contributed by atoms with Crippen molar-refractivity contribution in [3.05, 3.63) is 42.5 Å². The van der Waals surface area contributed by atoms with Crippen LogP contribution in [0.25, 0.3) is 10.8 Å². The highest BCUT2D eigenvalue weighted by Crippen LogP contribution is 2.18. The molecule has 0 unspecified atom stereocenters. The SMILES string of the molecule is CC(C)OC(=O)Nc1ccc2ccccc2c1. The van der Waals surface area contributed by atoms with E-state index in [0.717, 1.165) is 16.5 Å². The van der Waals surface area contributed by atoms with E-state index in [4.69, 9.17) is 4.74 Å². The van der Waals surface area contributed by atoms with Gasteiger partial charge in [0, 0.05) is 5.69 Å². The fourth-order valence-electron chi connectivity index (χ4n) is 1.63. The van der Waals surface area contributed by atoms with Crippen LogP contribution in [0.1, 0.15) is 13.8 Å². The predicted octanol–water partition coefficient (Wildman–Crippen LogP) is 3.80. The minimum Gasteiger partial charge on any atom is -0.447 e. The van der Waals surface area contributed by atoms with Gasteiger partial charge in [0.25, 0.3) is 0 Å². The van der Waals surface area contributed by atoms with E-state index in [0.29, 0.717) is 0 Å². The topological polar surface area (TPSA) is 38.3 Å². The lowest BCUT2D eigenvalue weighted by molar-refractivity contribution is 0.130. The maximum Gasteiger partial charge on any atom is 0.411 e. The van der Waals surface area contributed by atoms with Gasteiger partial charge in [0.05, 0.1) is 6.10 Å². The molecule has 0 aliphatic heterocycles.